The summed E-state index contributed by atoms with van der Waals surface area (Å²) in [5, 5.41) is 27.2. The average Bonchev–Trinajstić information content (AvgIpc) is 2.70. The van der Waals surface area contributed by atoms with E-state index in [0.717, 1.165) is 18.7 Å². The molecule has 3 atom stereocenters. The number of nitrogens with zero attached hydrogens (tertiary/aromatic N) is 1. The van der Waals surface area contributed by atoms with Gasteiger partial charge in [0.1, 0.15) is 11.8 Å². The molecule has 1 heterocycles. The number of anilines is 2. The first-order valence-electron chi connectivity index (χ1n) is 10.1. The smallest absolute Gasteiger partial charge is 0.139 e. The Bertz CT molecular complexity index is 928. The second-order valence-electron chi connectivity index (χ2n) is 8.33. The molecule has 0 aromatic heterocycles. The number of nitrogens with one attached hydrogen (secondary N) is 2. The molecule has 1 saturated carbocycles. The molecule has 1 aliphatic heterocycles. The van der Waals surface area contributed by atoms with Crippen molar-refractivity contribution in [1.82, 2.24) is 5.32 Å². The molecule has 4 nitrogen and oxygen atoms in total. The highest BCUT2D eigenvalue weighted by atomic mass is 16.3. The van der Waals surface area contributed by atoms with Gasteiger partial charge in [-0.3, -0.25) is 0 Å². The summed E-state index contributed by atoms with van der Waals surface area (Å²) in [4.78, 5) is 0. The summed E-state index contributed by atoms with van der Waals surface area (Å²) in [5.41, 5.74) is 4.97. The molecule has 2 aliphatic carbocycles. The molecule has 3 aliphatic rings. The molecule has 138 valence electrons. The highest BCUT2D eigenvalue weighted by Crippen LogP contribution is 2.55. The van der Waals surface area contributed by atoms with Gasteiger partial charge in [0, 0.05) is 11.5 Å². The average molecular weight is 359 g/mol. The Labute approximate surface area is 160 Å². The third-order valence-corrected chi connectivity index (χ3v) is 7.08. The summed E-state index contributed by atoms with van der Waals surface area (Å²) in [5.74, 6) is 0.988. The Morgan fingerprint density at radius 2 is 2.04 bits per heavy atom. The quantitative estimate of drug-likeness (QED) is 0.697. The maximum absolute atomic E-state index is 10.8. The molecule has 3 N–H and O–H groups in total. The number of nitriles is 1. The van der Waals surface area contributed by atoms with Crippen LogP contribution >= 0.6 is 0 Å². The van der Waals surface area contributed by atoms with Gasteiger partial charge in [0.15, 0.2) is 0 Å². The van der Waals surface area contributed by atoms with Crippen LogP contribution in [0, 0.1) is 17.2 Å². The fraction of sp³-hybridized carbons (Fsp3) is 0.435. The predicted molar refractivity (Wildman–Crippen MR) is 106 cm³/mol. The standard InChI is InChI=1S/C23H25N3O/c24-14-15-5-1-2-7-19(15)26-21-12-16-11-20-17-6-3-4-8-23(17,9-10-25-20)18(16)13-22(21)27/h1-2,5,7,12-13,17,20,25-27H,3-4,6,8-11H2/t17-,20+,23+/m1/s1. The van der Waals surface area contributed by atoms with E-state index in [4.69, 9.17) is 0 Å². The number of fused-ring (bicyclic) bond motifs is 1. The summed E-state index contributed by atoms with van der Waals surface area (Å²) in [6, 6.07) is 14.3. The van der Waals surface area contributed by atoms with Gasteiger partial charge in [-0.2, -0.15) is 5.26 Å². The lowest BCUT2D eigenvalue weighted by Crippen LogP contribution is -2.59. The van der Waals surface area contributed by atoms with E-state index in [0.29, 0.717) is 23.2 Å². The first-order chi connectivity index (χ1) is 13.2. The van der Waals surface area contributed by atoms with E-state index in [1.54, 1.807) is 6.07 Å². The Morgan fingerprint density at radius 1 is 1.15 bits per heavy atom. The van der Waals surface area contributed by atoms with Crippen molar-refractivity contribution in [3.05, 3.63) is 53.1 Å². The Morgan fingerprint density at radius 3 is 2.93 bits per heavy atom. The SMILES string of the molecule is N#Cc1ccccc1Nc1cc2c(cc1O)[C@]13CCCC[C@@H]1[C@H](C2)NCC3. The van der Waals surface area contributed by atoms with Crippen molar-refractivity contribution in [1.29, 1.82) is 5.26 Å². The monoisotopic (exact) mass is 359 g/mol. The van der Waals surface area contributed by atoms with E-state index in [9.17, 15) is 10.4 Å². The van der Waals surface area contributed by atoms with E-state index in [1.165, 1.54) is 43.2 Å². The predicted octanol–water partition coefficient (Wildman–Crippen LogP) is 4.35. The molecule has 0 amide bonds. The number of rotatable bonds is 2. The minimum absolute atomic E-state index is 0.238. The van der Waals surface area contributed by atoms with Crippen LogP contribution in [-0.4, -0.2) is 17.7 Å². The molecule has 0 unspecified atom stereocenters. The van der Waals surface area contributed by atoms with E-state index < -0.39 is 0 Å². The van der Waals surface area contributed by atoms with Crippen molar-refractivity contribution >= 4 is 11.4 Å². The van der Waals surface area contributed by atoms with E-state index in [-0.39, 0.29) is 11.2 Å². The maximum Gasteiger partial charge on any atom is 0.139 e. The summed E-state index contributed by atoms with van der Waals surface area (Å²) < 4.78 is 0. The second kappa shape index (κ2) is 6.28. The van der Waals surface area contributed by atoms with Crippen LogP contribution in [0.2, 0.25) is 0 Å². The number of benzene rings is 2. The molecule has 27 heavy (non-hydrogen) atoms. The van der Waals surface area contributed by atoms with Crippen LogP contribution in [0.15, 0.2) is 36.4 Å². The summed E-state index contributed by atoms with van der Waals surface area (Å²) in [6.45, 7) is 1.08. The summed E-state index contributed by atoms with van der Waals surface area (Å²) in [7, 11) is 0. The molecule has 1 saturated heterocycles. The van der Waals surface area contributed by atoms with Crippen LogP contribution < -0.4 is 10.6 Å². The van der Waals surface area contributed by atoms with Crippen LogP contribution in [0.25, 0.3) is 0 Å². The number of hydrogen-bond acceptors (Lipinski definition) is 4. The lowest BCUT2D eigenvalue weighted by Gasteiger charge is -2.56. The van der Waals surface area contributed by atoms with Crippen LogP contribution in [0.3, 0.4) is 0 Å². The first-order valence-corrected chi connectivity index (χ1v) is 10.1. The van der Waals surface area contributed by atoms with Gasteiger partial charge in [0.05, 0.1) is 16.9 Å². The van der Waals surface area contributed by atoms with Gasteiger partial charge in [-0.25, -0.2) is 0 Å². The lowest BCUT2D eigenvalue weighted by atomic mass is 9.53. The minimum Gasteiger partial charge on any atom is -0.506 e. The topological polar surface area (TPSA) is 68.1 Å². The fourth-order valence-corrected chi connectivity index (χ4v) is 5.91. The Kier molecular flexibility index (Phi) is 3.87. The van der Waals surface area contributed by atoms with Gasteiger partial charge in [-0.15, -0.1) is 0 Å². The van der Waals surface area contributed by atoms with Crippen molar-refractivity contribution in [2.24, 2.45) is 5.92 Å². The van der Waals surface area contributed by atoms with Gasteiger partial charge in [0.25, 0.3) is 0 Å². The van der Waals surface area contributed by atoms with Crippen molar-refractivity contribution < 1.29 is 5.11 Å². The molecule has 2 aromatic carbocycles. The maximum atomic E-state index is 10.8. The van der Waals surface area contributed by atoms with Crippen molar-refractivity contribution in [2.75, 3.05) is 11.9 Å². The summed E-state index contributed by atoms with van der Waals surface area (Å²) >= 11 is 0. The molecule has 2 aromatic rings. The highest BCUT2D eigenvalue weighted by Gasteiger charge is 2.51. The number of para-hydroxylation sites is 1. The number of piperidine rings is 1. The van der Waals surface area contributed by atoms with Crippen LogP contribution in [0.5, 0.6) is 5.75 Å². The molecule has 5 rings (SSSR count). The second-order valence-corrected chi connectivity index (χ2v) is 8.33. The van der Waals surface area contributed by atoms with Gasteiger partial charge in [0.2, 0.25) is 0 Å². The molecule has 4 heteroatoms. The first kappa shape index (κ1) is 16.6. The van der Waals surface area contributed by atoms with E-state index >= 15 is 0 Å². The molecular formula is C23H25N3O. The summed E-state index contributed by atoms with van der Waals surface area (Å²) in [6.07, 6.45) is 7.36. The zero-order valence-corrected chi connectivity index (χ0v) is 15.5. The van der Waals surface area contributed by atoms with Gasteiger partial charge in [-0.1, -0.05) is 25.0 Å². The third kappa shape index (κ3) is 2.53. The van der Waals surface area contributed by atoms with Gasteiger partial charge >= 0.3 is 0 Å². The van der Waals surface area contributed by atoms with Crippen molar-refractivity contribution in [3.8, 4) is 11.8 Å². The number of phenolic OH excluding ortho intramolecular Hbond substituents is 1. The zero-order chi connectivity index (χ0) is 18.4. The van der Waals surface area contributed by atoms with Crippen LogP contribution in [0.4, 0.5) is 11.4 Å². The molecule has 2 bridgehead atoms. The Hall–Kier alpha value is -2.51. The molecule has 2 fully saturated rings. The number of aromatic hydroxyl groups is 1. The normalized spacial score (nSPS) is 28.6. The Balaban J connectivity index is 1.57. The van der Waals surface area contributed by atoms with Crippen LogP contribution in [-0.2, 0) is 11.8 Å². The van der Waals surface area contributed by atoms with Crippen LogP contribution in [0.1, 0.15) is 48.8 Å². The minimum atomic E-state index is 0.238. The number of hydrogen-bond donors (Lipinski definition) is 3. The molecular weight excluding hydrogens is 334 g/mol. The van der Waals surface area contributed by atoms with E-state index in [2.05, 4.69) is 22.8 Å². The largest absolute Gasteiger partial charge is 0.506 e. The lowest BCUT2D eigenvalue weighted by molar-refractivity contribution is 0.0796. The molecule has 0 radical (unpaired) electrons. The third-order valence-electron chi connectivity index (χ3n) is 7.08. The zero-order valence-electron chi connectivity index (χ0n) is 15.5. The van der Waals surface area contributed by atoms with E-state index in [1.807, 2.05) is 24.3 Å². The number of phenols is 1. The van der Waals surface area contributed by atoms with Gasteiger partial charge < -0.3 is 15.7 Å². The van der Waals surface area contributed by atoms with Crippen molar-refractivity contribution in [3.63, 3.8) is 0 Å². The highest BCUT2D eigenvalue weighted by molar-refractivity contribution is 5.72. The van der Waals surface area contributed by atoms with Crippen molar-refractivity contribution in [2.45, 2.75) is 50.0 Å². The van der Waals surface area contributed by atoms with Gasteiger partial charge in [-0.05, 0) is 73.5 Å². The fourth-order valence-electron chi connectivity index (χ4n) is 5.91. The molecule has 0 spiro atoms.